The van der Waals surface area contributed by atoms with Crippen molar-refractivity contribution in [2.75, 3.05) is 26.5 Å². The van der Waals surface area contributed by atoms with Gasteiger partial charge in [0.05, 0.1) is 19.9 Å². The number of fused-ring (bicyclic) bond motifs is 1. The molecule has 0 aliphatic heterocycles. The highest BCUT2D eigenvalue weighted by Gasteiger charge is 2.14. The van der Waals surface area contributed by atoms with Crippen molar-refractivity contribution < 1.29 is 18.7 Å². The fourth-order valence-electron chi connectivity index (χ4n) is 3.48. The number of thioether (sulfide) groups is 1. The fourth-order valence-corrected chi connectivity index (χ4v) is 4.54. The Morgan fingerprint density at radius 1 is 1.00 bits per heavy atom. The lowest BCUT2D eigenvalue weighted by Crippen LogP contribution is -2.25. The van der Waals surface area contributed by atoms with E-state index in [1.807, 2.05) is 18.2 Å². The molecule has 0 saturated carbocycles. The topological polar surface area (TPSA) is 63.3 Å². The Morgan fingerprint density at radius 2 is 1.75 bits per heavy atom. The van der Waals surface area contributed by atoms with E-state index < -0.39 is 0 Å². The molecule has 7 heteroatoms. The molecule has 0 spiro atoms. The van der Waals surface area contributed by atoms with E-state index in [-0.39, 0.29) is 11.7 Å². The van der Waals surface area contributed by atoms with Gasteiger partial charge in [-0.25, -0.2) is 4.39 Å². The number of hydrogen-bond donors (Lipinski definition) is 2. The highest BCUT2D eigenvalue weighted by molar-refractivity contribution is 7.99. The number of aromatic amines is 1. The van der Waals surface area contributed by atoms with Gasteiger partial charge in [-0.3, -0.25) is 4.79 Å². The van der Waals surface area contributed by atoms with Crippen molar-refractivity contribution in [2.45, 2.75) is 4.90 Å². The third-order valence-electron chi connectivity index (χ3n) is 5.07. The maximum absolute atomic E-state index is 13.4. The van der Waals surface area contributed by atoms with Crippen LogP contribution in [0.25, 0.3) is 22.2 Å². The predicted octanol–water partition coefficient (Wildman–Crippen LogP) is 5.51. The molecular formula is C25H23FN2O3S. The molecule has 0 atom stereocenters. The van der Waals surface area contributed by atoms with Crippen molar-refractivity contribution in [3.05, 3.63) is 78.1 Å². The number of carbonyl (C=O) groups is 1. The first-order chi connectivity index (χ1) is 15.6. The van der Waals surface area contributed by atoms with Crippen LogP contribution in [-0.2, 0) is 0 Å². The standard InChI is InChI=1S/C25H23FN2O3S/c1-30-21-12-9-17(15-22(21)31-2)25(29)27-13-14-32-24-19-5-3-4-6-20(19)28-23(24)16-7-10-18(26)11-8-16/h3-12,15,28H,13-14H2,1-2H3,(H,27,29). The first-order valence-corrected chi connectivity index (χ1v) is 11.1. The number of amides is 1. The van der Waals surface area contributed by atoms with Crippen molar-refractivity contribution in [2.24, 2.45) is 0 Å². The number of nitrogens with one attached hydrogen (secondary N) is 2. The maximum Gasteiger partial charge on any atom is 0.251 e. The van der Waals surface area contributed by atoms with Crippen LogP contribution >= 0.6 is 11.8 Å². The lowest BCUT2D eigenvalue weighted by molar-refractivity contribution is 0.0955. The molecule has 164 valence electrons. The van der Waals surface area contributed by atoms with Gasteiger partial charge in [-0.2, -0.15) is 0 Å². The van der Waals surface area contributed by atoms with Crippen molar-refractivity contribution in [1.82, 2.24) is 10.3 Å². The molecule has 0 saturated heterocycles. The van der Waals surface area contributed by atoms with Crippen LogP contribution in [0.5, 0.6) is 11.5 Å². The summed E-state index contributed by atoms with van der Waals surface area (Å²) in [6.45, 7) is 0.486. The van der Waals surface area contributed by atoms with Gasteiger partial charge < -0.3 is 19.8 Å². The summed E-state index contributed by atoms with van der Waals surface area (Å²) in [4.78, 5) is 17.1. The van der Waals surface area contributed by atoms with Crippen LogP contribution < -0.4 is 14.8 Å². The van der Waals surface area contributed by atoms with E-state index in [0.29, 0.717) is 29.4 Å². The summed E-state index contributed by atoms with van der Waals surface area (Å²) in [5, 5.41) is 4.05. The van der Waals surface area contributed by atoms with Crippen molar-refractivity contribution in [3.8, 4) is 22.8 Å². The second-order valence-corrected chi connectivity index (χ2v) is 8.16. The van der Waals surface area contributed by atoms with E-state index in [4.69, 9.17) is 9.47 Å². The van der Waals surface area contributed by atoms with Crippen LogP contribution in [-0.4, -0.2) is 37.4 Å². The average Bonchev–Trinajstić information content (AvgIpc) is 3.20. The molecule has 0 unspecified atom stereocenters. The average molecular weight is 451 g/mol. The van der Waals surface area contributed by atoms with Gasteiger partial charge in [-0.05, 0) is 54.1 Å². The first kappa shape index (κ1) is 21.8. The molecule has 0 aliphatic rings. The summed E-state index contributed by atoms with van der Waals surface area (Å²) >= 11 is 1.65. The molecular weight excluding hydrogens is 427 g/mol. The van der Waals surface area contributed by atoms with E-state index in [1.165, 1.54) is 19.2 Å². The van der Waals surface area contributed by atoms with Gasteiger partial charge in [-0.1, -0.05) is 18.2 Å². The van der Waals surface area contributed by atoms with Gasteiger partial charge >= 0.3 is 0 Å². The minimum absolute atomic E-state index is 0.177. The minimum Gasteiger partial charge on any atom is -0.493 e. The second-order valence-electron chi connectivity index (χ2n) is 7.06. The highest BCUT2D eigenvalue weighted by atomic mass is 32.2. The van der Waals surface area contributed by atoms with Gasteiger partial charge in [0.25, 0.3) is 5.91 Å². The molecule has 4 rings (SSSR count). The number of rotatable bonds is 8. The second kappa shape index (κ2) is 9.78. The van der Waals surface area contributed by atoms with Crippen molar-refractivity contribution in [3.63, 3.8) is 0 Å². The van der Waals surface area contributed by atoms with Gasteiger partial charge in [0.15, 0.2) is 11.5 Å². The summed E-state index contributed by atoms with van der Waals surface area (Å²) in [5.74, 6) is 1.32. The summed E-state index contributed by atoms with van der Waals surface area (Å²) in [5.41, 5.74) is 3.39. The summed E-state index contributed by atoms with van der Waals surface area (Å²) in [7, 11) is 3.09. The molecule has 1 heterocycles. The SMILES string of the molecule is COc1ccc(C(=O)NCCSc2c(-c3ccc(F)cc3)[nH]c3ccccc23)cc1OC. The largest absolute Gasteiger partial charge is 0.493 e. The molecule has 5 nitrogen and oxygen atoms in total. The third kappa shape index (κ3) is 4.57. The van der Waals surface area contributed by atoms with Gasteiger partial charge in [0.1, 0.15) is 5.82 Å². The number of ether oxygens (including phenoxy) is 2. The Hall–Kier alpha value is -3.45. The maximum atomic E-state index is 13.4. The molecule has 3 aromatic carbocycles. The number of benzene rings is 3. The van der Waals surface area contributed by atoms with E-state index in [2.05, 4.69) is 16.4 Å². The normalized spacial score (nSPS) is 10.8. The Bertz CT molecular complexity index is 1240. The van der Waals surface area contributed by atoms with Crippen LogP contribution in [0.3, 0.4) is 0 Å². The molecule has 32 heavy (non-hydrogen) atoms. The molecule has 2 N–H and O–H groups in total. The Kier molecular flexibility index (Phi) is 6.66. The lowest BCUT2D eigenvalue weighted by Gasteiger charge is -2.10. The fraction of sp³-hybridized carbons (Fsp3) is 0.160. The lowest BCUT2D eigenvalue weighted by atomic mass is 10.1. The third-order valence-corrected chi connectivity index (χ3v) is 6.19. The summed E-state index contributed by atoms with van der Waals surface area (Å²) < 4.78 is 23.9. The van der Waals surface area contributed by atoms with Crippen LogP contribution in [0.1, 0.15) is 10.4 Å². The number of halogens is 1. The number of H-pyrrole nitrogens is 1. The van der Waals surface area contributed by atoms with E-state index >= 15 is 0 Å². The monoisotopic (exact) mass is 450 g/mol. The van der Waals surface area contributed by atoms with E-state index in [1.54, 1.807) is 49.2 Å². The van der Waals surface area contributed by atoms with E-state index in [0.717, 1.165) is 27.1 Å². The molecule has 4 aromatic rings. The number of aromatic nitrogens is 1. The first-order valence-electron chi connectivity index (χ1n) is 10.1. The van der Waals surface area contributed by atoms with Crippen LogP contribution in [0.2, 0.25) is 0 Å². The molecule has 1 aromatic heterocycles. The van der Waals surface area contributed by atoms with Gasteiger partial charge in [-0.15, -0.1) is 11.8 Å². The van der Waals surface area contributed by atoms with Crippen LogP contribution in [0, 0.1) is 5.82 Å². The molecule has 0 fully saturated rings. The van der Waals surface area contributed by atoms with Crippen LogP contribution in [0.15, 0.2) is 71.6 Å². The predicted molar refractivity (Wildman–Crippen MR) is 126 cm³/mol. The van der Waals surface area contributed by atoms with Gasteiger partial charge in [0, 0.05) is 33.7 Å². The van der Waals surface area contributed by atoms with Crippen molar-refractivity contribution in [1.29, 1.82) is 0 Å². The zero-order valence-corrected chi connectivity index (χ0v) is 18.6. The smallest absolute Gasteiger partial charge is 0.251 e. The summed E-state index contributed by atoms with van der Waals surface area (Å²) in [6, 6.07) is 19.6. The van der Waals surface area contributed by atoms with Gasteiger partial charge in [0.2, 0.25) is 0 Å². The van der Waals surface area contributed by atoms with E-state index in [9.17, 15) is 9.18 Å². The zero-order chi connectivity index (χ0) is 22.5. The Labute approximate surface area is 189 Å². The summed E-state index contributed by atoms with van der Waals surface area (Å²) in [6.07, 6.45) is 0. The Balaban J connectivity index is 1.46. The van der Waals surface area contributed by atoms with Crippen molar-refractivity contribution >= 4 is 28.6 Å². The quantitative estimate of drug-likeness (QED) is 0.274. The number of methoxy groups -OCH3 is 2. The number of carbonyl (C=O) groups excluding carboxylic acids is 1. The molecule has 0 bridgehead atoms. The minimum atomic E-state index is -0.267. The number of para-hydroxylation sites is 1. The molecule has 0 radical (unpaired) electrons. The molecule has 1 amide bonds. The molecule has 0 aliphatic carbocycles. The Morgan fingerprint density at radius 3 is 2.50 bits per heavy atom. The number of hydrogen-bond acceptors (Lipinski definition) is 4. The highest BCUT2D eigenvalue weighted by Crippen LogP contribution is 2.37. The van der Waals surface area contributed by atoms with Crippen LogP contribution in [0.4, 0.5) is 4.39 Å². The zero-order valence-electron chi connectivity index (χ0n) is 17.8.